The Morgan fingerprint density at radius 1 is 1.57 bits per heavy atom. The van der Waals surface area contributed by atoms with E-state index in [1.165, 1.54) is 11.0 Å². The van der Waals surface area contributed by atoms with Crippen LogP contribution in [0.15, 0.2) is 18.2 Å². The highest BCUT2D eigenvalue weighted by atomic mass is 19.1. The average molecular weight is 297 g/mol. The van der Waals surface area contributed by atoms with Crippen molar-refractivity contribution in [2.24, 2.45) is 5.73 Å². The number of methoxy groups -OCH3 is 1. The van der Waals surface area contributed by atoms with Crippen molar-refractivity contribution in [3.8, 4) is 0 Å². The molecule has 1 atom stereocenters. The van der Waals surface area contributed by atoms with Gasteiger partial charge in [0.2, 0.25) is 0 Å². The highest BCUT2D eigenvalue weighted by molar-refractivity contribution is 5.90. The molecule has 1 aromatic carbocycles. The number of hydrogen-bond acceptors (Lipinski definition) is 5. The predicted molar refractivity (Wildman–Crippen MR) is 78.2 cm³/mol. The van der Waals surface area contributed by atoms with Crippen LogP contribution < -0.4 is 15.5 Å². The van der Waals surface area contributed by atoms with Gasteiger partial charge in [0.1, 0.15) is 11.9 Å². The van der Waals surface area contributed by atoms with Crippen LogP contribution >= 0.6 is 0 Å². The van der Waals surface area contributed by atoms with E-state index >= 15 is 0 Å². The fraction of sp³-hybridized carbons (Fsp3) is 0.500. The van der Waals surface area contributed by atoms with Crippen LogP contribution in [0.4, 0.5) is 20.6 Å². The third-order valence-corrected chi connectivity index (χ3v) is 3.42. The second-order valence-electron chi connectivity index (χ2n) is 4.90. The quantitative estimate of drug-likeness (QED) is 0.854. The summed E-state index contributed by atoms with van der Waals surface area (Å²) in [5.41, 5.74) is 6.41. The molecule has 0 bridgehead atoms. The second kappa shape index (κ2) is 6.73. The first-order valence-corrected chi connectivity index (χ1v) is 6.74. The number of hydrogen-bond donors (Lipinski definition) is 1. The van der Waals surface area contributed by atoms with Crippen LogP contribution in [0.2, 0.25) is 0 Å². The number of halogens is 1. The summed E-state index contributed by atoms with van der Waals surface area (Å²) in [5.74, 6) is -0.393. The molecule has 0 spiro atoms. The van der Waals surface area contributed by atoms with Gasteiger partial charge in [0.05, 0.1) is 24.5 Å². The largest absolute Gasteiger partial charge is 0.443 e. The standard InChI is InChI=1S/C14H20FN3O3/c1-17(5-6-20-2)13-4-3-10(7-12(13)15)18-9-11(8-16)21-14(18)19/h3-4,7,11H,5-6,8-9,16H2,1-2H3/t11-/m0/s1. The molecule has 0 radical (unpaired) electrons. The van der Waals surface area contributed by atoms with Gasteiger partial charge in [-0.1, -0.05) is 0 Å². The van der Waals surface area contributed by atoms with Gasteiger partial charge >= 0.3 is 6.09 Å². The average Bonchev–Trinajstić information content (AvgIpc) is 2.85. The monoisotopic (exact) mass is 297 g/mol. The number of carbonyl (C=O) groups is 1. The lowest BCUT2D eigenvalue weighted by Crippen LogP contribution is -2.28. The molecule has 2 N–H and O–H groups in total. The van der Waals surface area contributed by atoms with Gasteiger partial charge in [-0.2, -0.15) is 0 Å². The zero-order chi connectivity index (χ0) is 15.4. The van der Waals surface area contributed by atoms with Crippen molar-refractivity contribution < 1.29 is 18.7 Å². The molecule has 21 heavy (non-hydrogen) atoms. The Labute approximate surface area is 123 Å². The number of benzene rings is 1. The lowest BCUT2D eigenvalue weighted by atomic mass is 10.2. The Morgan fingerprint density at radius 2 is 2.33 bits per heavy atom. The molecular weight excluding hydrogens is 277 g/mol. The molecule has 0 saturated carbocycles. The number of likely N-dealkylation sites (N-methyl/N-ethyl adjacent to an activating group) is 1. The van der Waals surface area contributed by atoms with Crippen LogP contribution in [0.5, 0.6) is 0 Å². The van der Waals surface area contributed by atoms with Gasteiger partial charge in [0.15, 0.2) is 0 Å². The topological polar surface area (TPSA) is 68.0 Å². The smallest absolute Gasteiger partial charge is 0.414 e. The minimum atomic E-state index is -0.495. The fourth-order valence-electron chi connectivity index (χ4n) is 2.18. The molecule has 116 valence electrons. The molecule has 0 aliphatic carbocycles. The zero-order valence-electron chi connectivity index (χ0n) is 12.2. The van der Waals surface area contributed by atoms with Crippen LogP contribution in [0, 0.1) is 5.82 Å². The predicted octanol–water partition coefficient (Wildman–Crippen LogP) is 1.19. The molecule has 1 aliphatic heterocycles. The fourth-order valence-corrected chi connectivity index (χ4v) is 2.18. The van der Waals surface area contributed by atoms with Gasteiger partial charge in [0.25, 0.3) is 0 Å². The van der Waals surface area contributed by atoms with Crippen LogP contribution in [-0.4, -0.2) is 52.6 Å². The van der Waals surface area contributed by atoms with E-state index in [1.807, 2.05) is 0 Å². The third kappa shape index (κ3) is 3.43. The molecule has 1 saturated heterocycles. The van der Waals surface area contributed by atoms with Crippen molar-refractivity contribution in [2.75, 3.05) is 50.2 Å². The highest BCUT2D eigenvalue weighted by Gasteiger charge is 2.31. The Hall–Kier alpha value is -1.86. The van der Waals surface area contributed by atoms with Crippen LogP contribution in [0.3, 0.4) is 0 Å². The number of nitrogens with zero attached hydrogens (tertiary/aromatic N) is 2. The van der Waals surface area contributed by atoms with Gasteiger partial charge in [-0.25, -0.2) is 9.18 Å². The number of rotatable bonds is 6. The number of carbonyl (C=O) groups excluding carboxylic acids is 1. The van der Waals surface area contributed by atoms with Crippen LogP contribution in [0.25, 0.3) is 0 Å². The molecule has 0 unspecified atom stereocenters. The van der Waals surface area contributed by atoms with Crippen molar-refractivity contribution >= 4 is 17.5 Å². The highest BCUT2D eigenvalue weighted by Crippen LogP contribution is 2.27. The van der Waals surface area contributed by atoms with Crippen molar-refractivity contribution in [1.82, 2.24) is 0 Å². The summed E-state index contributed by atoms with van der Waals surface area (Å²) in [4.78, 5) is 14.9. The van der Waals surface area contributed by atoms with Gasteiger partial charge < -0.3 is 20.1 Å². The number of cyclic esters (lactones) is 1. The van der Waals surface area contributed by atoms with Crippen molar-refractivity contribution in [3.63, 3.8) is 0 Å². The maximum atomic E-state index is 14.2. The van der Waals surface area contributed by atoms with E-state index < -0.39 is 11.9 Å². The van der Waals surface area contributed by atoms with E-state index in [1.54, 1.807) is 31.2 Å². The molecule has 6 nitrogen and oxygen atoms in total. The number of anilines is 2. The SMILES string of the molecule is COCCN(C)c1ccc(N2C[C@H](CN)OC2=O)cc1F. The lowest BCUT2D eigenvalue weighted by Gasteiger charge is -2.21. The van der Waals surface area contributed by atoms with E-state index in [0.717, 1.165) is 0 Å². The minimum absolute atomic E-state index is 0.253. The first-order valence-electron chi connectivity index (χ1n) is 6.74. The van der Waals surface area contributed by atoms with E-state index in [0.29, 0.717) is 31.1 Å². The van der Waals surface area contributed by atoms with E-state index in [2.05, 4.69) is 0 Å². The summed E-state index contributed by atoms with van der Waals surface area (Å²) in [6, 6.07) is 4.67. The number of amides is 1. The number of nitrogens with two attached hydrogens (primary N) is 1. The summed E-state index contributed by atoms with van der Waals surface area (Å²) in [7, 11) is 3.38. The maximum Gasteiger partial charge on any atom is 0.414 e. The van der Waals surface area contributed by atoms with Gasteiger partial charge in [0, 0.05) is 27.2 Å². The zero-order valence-corrected chi connectivity index (χ0v) is 12.2. The first kappa shape index (κ1) is 15.5. The summed E-state index contributed by atoms with van der Waals surface area (Å²) in [6.07, 6.45) is -0.838. The van der Waals surface area contributed by atoms with E-state index in [-0.39, 0.29) is 12.6 Å². The first-order chi connectivity index (χ1) is 10.1. The van der Waals surface area contributed by atoms with Crippen LogP contribution in [-0.2, 0) is 9.47 Å². The molecule has 1 aromatic rings. The van der Waals surface area contributed by atoms with Crippen molar-refractivity contribution in [1.29, 1.82) is 0 Å². The van der Waals surface area contributed by atoms with Gasteiger partial charge in [-0.05, 0) is 18.2 Å². The number of ether oxygens (including phenoxy) is 2. The molecule has 2 rings (SSSR count). The summed E-state index contributed by atoms with van der Waals surface area (Å²) >= 11 is 0. The minimum Gasteiger partial charge on any atom is -0.443 e. The molecule has 1 heterocycles. The maximum absolute atomic E-state index is 14.2. The van der Waals surface area contributed by atoms with Crippen molar-refractivity contribution in [3.05, 3.63) is 24.0 Å². The normalized spacial score (nSPS) is 18.0. The molecule has 0 aromatic heterocycles. The Kier molecular flexibility index (Phi) is 4.98. The summed E-state index contributed by atoms with van der Waals surface area (Å²) in [6.45, 7) is 1.68. The van der Waals surface area contributed by atoms with Gasteiger partial charge in [-0.3, -0.25) is 4.90 Å². The van der Waals surface area contributed by atoms with E-state index in [4.69, 9.17) is 15.2 Å². The summed E-state index contributed by atoms with van der Waals surface area (Å²) in [5, 5.41) is 0. The Balaban J connectivity index is 2.14. The third-order valence-electron chi connectivity index (χ3n) is 3.42. The lowest BCUT2D eigenvalue weighted by molar-refractivity contribution is 0.145. The Morgan fingerprint density at radius 3 is 2.90 bits per heavy atom. The molecular formula is C14H20FN3O3. The molecule has 1 amide bonds. The van der Waals surface area contributed by atoms with Crippen molar-refractivity contribution in [2.45, 2.75) is 6.10 Å². The molecule has 1 fully saturated rings. The summed E-state index contributed by atoms with van der Waals surface area (Å²) < 4.78 is 24.2. The van der Waals surface area contributed by atoms with Gasteiger partial charge in [-0.15, -0.1) is 0 Å². The van der Waals surface area contributed by atoms with Crippen LogP contribution in [0.1, 0.15) is 0 Å². The molecule has 1 aliphatic rings. The Bertz CT molecular complexity index is 512. The van der Waals surface area contributed by atoms with E-state index in [9.17, 15) is 9.18 Å². The molecule has 7 heteroatoms. The second-order valence-corrected chi connectivity index (χ2v) is 4.90.